The third-order valence-corrected chi connectivity index (χ3v) is 5.08. The fourth-order valence-corrected chi connectivity index (χ4v) is 3.32. The minimum Gasteiger partial charge on any atom is -0.494 e. The molecule has 5 nitrogen and oxygen atoms in total. The van der Waals surface area contributed by atoms with Gasteiger partial charge in [0.05, 0.1) is 6.61 Å². The highest BCUT2D eigenvalue weighted by Crippen LogP contribution is 2.20. The lowest BCUT2D eigenvalue weighted by molar-refractivity contribution is 0.309. The summed E-state index contributed by atoms with van der Waals surface area (Å²) in [4.78, 5) is 4.78. The number of nitrogens with zero attached hydrogens (tertiary/aromatic N) is 2. The number of likely N-dealkylation sites (N-methyl/N-ethyl adjacent to an activating group) is 1. The molecule has 150 valence electrons. The number of hydrogen-bond donors (Lipinski definition) is 2. The fraction of sp³-hybridized carbons (Fsp3) is 0.409. The van der Waals surface area contributed by atoms with Crippen LogP contribution in [0, 0.1) is 0 Å². The third kappa shape index (κ3) is 6.11. The van der Waals surface area contributed by atoms with Crippen molar-refractivity contribution in [1.29, 1.82) is 0 Å². The third-order valence-electron chi connectivity index (χ3n) is 4.87. The van der Waals surface area contributed by atoms with Gasteiger partial charge in [-0.3, -0.25) is 0 Å². The lowest BCUT2D eigenvalue weighted by Gasteiger charge is -2.34. The zero-order valence-electron chi connectivity index (χ0n) is 16.8. The first kappa shape index (κ1) is 20.4. The molecule has 0 aromatic heterocycles. The van der Waals surface area contributed by atoms with E-state index in [1.165, 1.54) is 5.69 Å². The second-order valence-electron chi connectivity index (χ2n) is 7.14. The summed E-state index contributed by atoms with van der Waals surface area (Å²) in [5.74, 6) is 0.886. The average Bonchev–Trinajstić information content (AvgIpc) is 2.71. The predicted molar refractivity (Wildman–Crippen MR) is 123 cm³/mol. The molecule has 3 rings (SSSR count). The summed E-state index contributed by atoms with van der Waals surface area (Å²) in [6.07, 6.45) is 2.21. The number of anilines is 3. The Morgan fingerprint density at radius 2 is 1.50 bits per heavy atom. The second-order valence-corrected chi connectivity index (χ2v) is 7.55. The van der Waals surface area contributed by atoms with E-state index < -0.39 is 0 Å². The van der Waals surface area contributed by atoms with Crippen molar-refractivity contribution in [3.63, 3.8) is 0 Å². The van der Waals surface area contributed by atoms with Gasteiger partial charge >= 0.3 is 0 Å². The Hall–Kier alpha value is -2.31. The van der Waals surface area contributed by atoms with Crippen molar-refractivity contribution in [3.05, 3.63) is 48.5 Å². The van der Waals surface area contributed by atoms with Crippen LogP contribution in [0.4, 0.5) is 17.1 Å². The van der Waals surface area contributed by atoms with Crippen LogP contribution in [0.25, 0.3) is 0 Å². The molecule has 0 radical (unpaired) electrons. The van der Waals surface area contributed by atoms with E-state index in [1.54, 1.807) is 0 Å². The van der Waals surface area contributed by atoms with Crippen molar-refractivity contribution >= 4 is 34.4 Å². The van der Waals surface area contributed by atoms with Gasteiger partial charge in [-0.25, -0.2) is 0 Å². The maximum absolute atomic E-state index is 5.69. The Labute approximate surface area is 173 Å². The molecule has 1 fully saturated rings. The average molecular weight is 399 g/mol. The van der Waals surface area contributed by atoms with Crippen LogP contribution in [-0.4, -0.2) is 49.8 Å². The van der Waals surface area contributed by atoms with Crippen molar-refractivity contribution < 1.29 is 4.74 Å². The van der Waals surface area contributed by atoms with E-state index in [9.17, 15) is 0 Å². The van der Waals surface area contributed by atoms with Crippen molar-refractivity contribution in [2.24, 2.45) is 0 Å². The summed E-state index contributed by atoms with van der Waals surface area (Å²) in [6, 6.07) is 16.3. The molecule has 0 bridgehead atoms. The normalized spacial score (nSPS) is 14.6. The Bertz CT molecular complexity index is 740. The molecule has 0 spiro atoms. The summed E-state index contributed by atoms with van der Waals surface area (Å²) in [5.41, 5.74) is 3.18. The lowest BCUT2D eigenvalue weighted by Crippen LogP contribution is -2.44. The Morgan fingerprint density at radius 3 is 2.07 bits per heavy atom. The monoisotopic (exact) mass is 398 g/mol. The molecule has 1 heterocycles. The molecule has 0 saturated carbocycles. The van der Waals surface area contributed by atoms with Crippen LogP contribution in [0.5, 0.6) is 5.75 Å². The van der Waals surface area contributed by atoms with Crippen molar-refractivity contribution in [1.82, 2.24) is 4.90 Å². The van der Waals surface area contributed by atoms with Gasteiger partial charge < -0.3 is 25.2 Å². The molecule has 2 aromatic rings. The van der Waals surface area contributed by atoms with E-state index in [4.69, 9.17) is 17.0 Å². The molecule has 0 amide bonds. The van der Waals surface area contributed by atoms with Gasteiger partial charge in [0.2, 0.25) is 0 Å². The number of hydrogen-bond acceptors (Lipinski definition) is 4. The summed E-state index contributed by atoms with van der Waals surface area (Å²) in [5, 5.41) is 7.04. The molecule has 1 aliphatic rings. The maximum atomic E-state index is 5.69. The quantitative estimate of drug-likeness (QED) is 0.531. The van der Waals surface area contributed by atoms with Gasteiger partial charge in [-0.1, -0.05) is 13.3 Å². The van der Waals surface area contributed by atoms with E-state index in [0.717, 1.165) is 62.8 Å². The second kappa shape index (κ2) is 10.3. The Balaban J connectivity index is 1.48. The summed E-state index contributed by atoms with van der Waals surface area (Å²) in [7, 11) is 2.17. The molecular formula is C22H30N4OS. The highest BCUT2D eigenvalue weighted by atomic mass is 32.1. The highest BCUT2D eigenvalue weighted by molar-refractivity contribution is 7.80. The predicted octanol–water partition coefficient (Wildman–Crippen LogP) is 4.43. The molecule has 0 aliphatic carbocycles. The molecule has 1 aliphatic heterocycles. The summed E-state index contributed by atoms with van der Waals surface area (Å²) in [6.45, 7) is 7.27. The fourth-order valence-electron chi connectivity index (χ4n) is 3.08. The van der Waals surface area contributed by atoms with E-state index >= 15 is 0 Å². The molecule has 1 saturated heterocycles. The first-order valence-corrected chi connectivity index (χ1v) is 10.4. The highest BCUT2D eigenvalue weighted by Gasteiger charge is 2.14. The van der Waals surface area contributed by atoms with Crippen LogP contribution in [-0.2, 0) is 0 Å². The van der Waals surface area contributed by atoms with Crippen LogP contribution in [0.2, 0.25) is 0 Å². The molecule has 0 unspecified atom stereocenters. The molecular weight excluding hydrogens is 368 g/mol. The number of piperazine rings is 1. The van der Waals surface area contributed by atoms with Crippen LogP contribution < -0.4 is 20.3 Å². The zero-order chi connectivity index (χ0) is 19.8. The van der Waals surface area contributed by atoms with Gasteiger partial charge in [-0.2, -0.15) is 0 Å². The smallest absolute Gasteiger partial charge is 0.175 e. The largest absolute Gasteiger partial charge is 0.494 e. The molecule has 6 heteroatoms. The number of thiocarbonyl (C=S) groups is 1. The molecule has 28 heavy (non-hydrogen) atoms. The minimum atomic E-state index is 0.576. The van der Waals surface area contributed by atoms with Gasteiger partial charge in [0.15, 0.2) is 5.11 Å². The number of rotatable bonds is 7. The van der Waals surface area contributed by atoms with Gasteiger partial charge in [0.25, 0.3) is 0 Å². The van der Waals surface area contributed by atoms with Crippen LogP contribution in [0.1, 0.15) is 19.8 Å². The summed E-state index contributed by atoms with van der Waals surface area (Å²) < 4.78 is 5.69. The van der Waals surface area contributed by atoms with Gasteiger partial charge in [0, 0.05) is 43.2 Å². The molecule has 2 N–H and O–H groups in total. The van der Waals surface area contributed by atoms with E-state index in [-0.39, 0.29) is 0 Å². The first-order chi connectivity index (χ1) is 13.6. The van der Waals surface area contributed by atoms with Gasteiger partial charge in [0.1, 0.15) is 5.75 Å². The Morgan fingerprint density at radius 1 is 0.929 bits per heavy atom. The number of unbranched alkanes of at least 4 members (excludes halogenated alkanes) is 1. The van der Waals surface area contributed by atoms with Crippen molar-refractivity contribution in [3.8, 4) is 5.75 Å². The number of benzene rings is 2. The first-order valence-electron chi connectivity index (χ1n) is 9.98. The topological polar surface area (TPSA) is 39.8 Å². The molecule has 2 aromatic carbocycles. The standard InChI is InChI=1S/C22H30N4OS/c1-3-4-17-27-21-11-7-19(8-12-21)24-22(28)23-18-5-9-20(10-6-18)26-15-13-25(2)14-16-26/h5-12H,3-4,13-17H2,1-2H3,(H2,23,24,28). The number of nitrogens with one attached hydrogen (secondary N) is 2. The maximum Gasteiger partial charge on any atom is 0.175 e. The van der Waals surface area contributed by atoms with Gasteiger partial charge in [-0.15, -0.1) is 0 Å². The van der Waals surface area contributed by atoms with Crippen LogP contribution >= 0.6 is 12.2 Å². The minimum absolute atomic E-state index is 0.576. The van der Waals surface area contributed by atoms with Crippen LogP contribution in [0.15, 0.2) is 48.5 Å². The van der Waals surface area contributed by atoms with Crippen LogP contribution in [0.3, 0.4) is 0 Å². The SMILES string of the molecule is CCCCOc1ccc(NC(=S)Nc2ccc(N3CCN(C)CC3)cc2)cc1. The van der Waals surface area contributed by atoms with Crippen molar-refractivity contribution in [2.45, 2.75) is 19.8 Å². The summed E-state index contributed by atoms with van der Waals surface area (Å²) >= 11 is 5.44. The number of ether oxygens (including phenoxy) is 1. The van der Waals surface area contributed by atoms with E-state index in [1.807, 2.05) is 24.3 Å². The van der Waals surface area contributed by atoms with Crippen molar-refractivity contribution in [2.75, 3.05) is 55.4 Å². The Kier molecular flexibility index (Phi) is 7.51. The van der Waals surface area contributed by atoms with Gasteiger partial charge in [-0.05, 0) is 74.2 Å². The zero-order valence-corrected chi connectivity index (χ0v) is 17.6. The van der Waals surface area contributed by atoms with E-state index in [0.29, 0.717) is 5.11 Å². The lowest BCUT2D eigenvalue weighted by atomic mass is 10.2. The molecule has 0 atom stereocenters. The van der Waals surface area contributed by atoms with E-state index in [2.05, 4.69) is 58.7 Å².